The molecular weight excluding hydrogens is 516 g/mol. The summed E-state index contributed by atoms with van der Waals surface area (Å²) in [6.45, 7) is 0. The fourth-order valence-corrected chi connectivity index (χ4v) is 6.28. The molecule has 7 aromatic carbocycles. The molecule has 0 aromatic heterocycles. The summed E-state index contributed by atoms with van der Waals surface area (Å²) in [5.74, 6) is 0. The van der Waals surface area contributed by atoms with E-state index in [1.807, 2.05) is 109 Å². The highest BCUT2D eigenvalue weighted by molar-refractivity contribution is 6.38. The van der Waals surface area contributed by atoms with Crippen molar-refractivity contribution in [3.8, 4) is 33.4 Å². The van der Waals surface area contributed by atoms with Gasteiger partial charge in [0.05, 0.1) is 34.1 Å². The van der Waals surface area contributed by atoms with Crippen molar-refractivity contribution in [1.82, 2.24) is 0 Å². The average Bonchev–Trinajstić information content (AvgIpc) is 3.01. The lowest BCUT2D eigenvalue weighted by Crippen LogP contribution is -2.05. The van der Waals surface area contributed by atoms with E-state index in [-0.39, 0.29) is 0 Å². The third-order valence-electron chi connectivity index (χ3n) is 8.20. The summed E-state index contributed by atoms with van der Waals surface area (Å²) in [6, 6.07) is 35.9. The van der Waals surface area contributed by atoms with Crippen LogP contribution in [-0.2, 0) is 0 Å². The van der Waals surface area contributed by atoms with Crippen LogP contribution in [0.15, 0.2) is 109 Å². The minimum atomic E-state index is 0.477. The molecule has 0 heterocycles. The summed E-state index contributed by atoms with van der Waals surface area (Å²) in [5, 5.41) is 5.45. The van der Waals surface area contributed by atoms with Gasteiger partial charge in [-0.1, -0.05) is 91.0 Å². The van der Waals surface area contributed by atoms with Crippen molar-refractivity contribution in [2.24, 2.45) is 0 Å². The summed E-state index contributed by atoms with van der Waals surface area (Å²) in [5.41, 5.74) is 48.6. The van der Waals surface area contributed by atoms with E-state index in [0.29, 0.717) is 34.1 Å². The lowest BCUT2D eigenvalue weighted by molar-refractivity contribution is 1.61. The molecule has 12 N–H and O–H groups in total. The predicted octanol–water partition coefficient (Wildman–Crippen LogP) is 7.64. The number of benzene rings is 7. The summed E-state index contributed by atoms with van der Waals surface area (Å²) in [4.78, 5) is 0. The number of rotatable bonds is 3. The van der Waals surface area contributed by atoms with Gasteiger partial charge >= 0.3 is 0 Å². The molecule has 0 bridgehead atoms. The number of anilines is 6. The Hall–Kier alpha value is -5.88. The van der Waals surface area contributed by atoms with Gasteiger partial charge in [-0.2, -0.15) is 0 Å². The lowest BCUT2D eigenvalue weighted by atomic mass is 9.81. The fraction of sp³-hybridized carbons (Fsp3) is 0. The highest BCUT2D eigenvalue weighted by atomic mass is 14.7. The van der Waals surface area contributed by atoms with E-state index < -0.39 is 0 Å². The zero-order chi connectivity index (χ0) is 29.1. The van der Waals surface area contributed by atoms with Crippen molar-refractivity contribution >= 4 is 66.4 Å². The van der Waals surface area contributed by atoms with E-state index >= 15 is 0 Å². The topological polar surface area (TPSA) is 156 Å². The molecule has 7 aromatic rings. The summed E-state index contributed by atoms with van der Waals surface area (Å²) >= 11 is 0. The first-order valence-electron chi connectivity index (χ1n) is 13.7. The second-order valence-corrected chi connectivity index (χ2v) is 10.6. The number of hydrogen-bond donors (Lipinski definition) is 6. The second-order valence-electron chi connectivity index (χ2n) is 10.6. The van der Waals surface area contributed by atoms with Crippen molar-refractivity contribution in [1.29, 1.82) is 0 Å². The molecule has 0 aliphatic carbocycles. The molecule has 0 unspecified atom stereocenters. The van der Waals surface area contributed by atoms with Crippen molar-refractivity contribution < 1.29 is 0 Å². The van der Waals surface area contributed by atoms with Crippen LogP contribution in [0.1, 0.15) is 0 Å². The Kier molecular flexibility index (Phi) is 5.59. The van der Waals surface area contributed by atoms with Gasteiger partial charge in [-0.15, -0.1) is 0 Å². The van der Waals surface area contributed by atoms with Crippen molar-refractivity contribution in [3.63, 3.8) is 0 Å². The Balaban J connectivity index is 1.91. The normalized spacial score (nSPS) is 11.4. The SMILES string of the molecule is Nc1cc2c3cc(N)c(N)c(-c4ccccc4)c3c3c(-c4ccccc4)c(N)c(N)c(-c4ccccc4)c3c2cc1N. The third-order valence-corrected chi connectivity index (χ3v) is 8.20. The smallest absolute Gasteiger partial charge is 0.0640 e. The van der Waals surface area contributed by atoms with Crippen LogP contribution in [0.2, 0.25) is 0 Å². The van der Waals surface area contributed by atoms with Crippen LogP contribution in [0.5, 0.6) is 0 Å². The van der Waals surface area contributed by atoms with Gasteiger partial charge in [0.25, 0.3) is 0 Å². The van der Waals surface area contributed by atoms with Crippen molar-refractivity contribution in [2.75, 3.05) is 34.4 Å². The van der Waals surface area contributed by atoms with E-state index in [1.54, 1.807) is 0 Å². The standard InChI is InChI=1S/C36H30N6/c37-25-16-22-23(17-26(25)38)32-29(20-12-6-2-7-13-20)35(41)36(42)30(21-14-8-3-9-15-21)33(32)31-24(22)18-27(39)34(40)28(31)19-10-4-1-5-11-19/h1-18H,37-42H2. The molecule has 0 saturated heterocycles. The van der Waals surface area contributed by atoms with Crippen LogP contribution < -0.4 is 34.4 Å². The Bertz CT molecular complexity index is 2090. The quantitative estimate of drug-likeness (QED) is 0.0987. The lowest BCUT2D eigenvalue weighted by Gasteiger charge is -2.25. The van der Waals surface area contributed by atoms with Gasteiger partial charge in [0, 0.05) is 32.8 Å². The number of nitrogens with two attached hydrogens (primary N) is 6. The molecule has 0 amide bonds. The van der Waals surface area contributed by atoms with Gasteiger partial charge in [0.1, 0.15) is 0 Å². The van der Waals surface area contributed by atoms with Gasteiger partial charge in [-0.05, 0) is 51.0 Å². The highest BCUT2D eigenvalue weighted by Gasteiger charge is 2.26. The maximum Gasteiger partial charge on any atom is 0.0640 e. The van der Waals surface area contributed by atoms with Gasteiger partial charge in [-0.25, -0.2) is 0 Å². The molecular formula is C36H30N6. The molecule has 6 heteroatoms. The molecule has 0 spiro atoms. The van der Waals surface area contributed by atoms with Gasteiger partial charge in [0.2, 0.25) is 0 Å². The number of hydrogen-bond acceptors (Lipinski definition) is 6. The van der Waals surface area contributed by atoms with Crippen molar-refractivity contribution in [2.45, 2.75) is 0 Å². The van der Waals surface area contributed by atoms with Crippen molar-refractivity contribution in [3.05, 3.63) is 109 Å². The third kappa shape index (κ3) is 3.59. The van der Waals surface area contributed by atoms with E-state index in [0.717, 1.165) is 65.7 Å². The number of nitrogen functional groups attached to an aromatic ring is 6. The molecule has 42 heavy (non-hydrogen) atoms. The molecule has 6 nitrogen and oxygen atoms in total. The van der Waals surface area contributed by atoms with E-state index in [4.69, 9.17) is 34.4 Å². The molecule has 0 aliphatic rings. The van der Waals surface area contributed by atoms with Crippen LogP contribution in [0.25, 0.3) is 65.7 Å². The van der Waals surface area contributed by atoms with Crippen LogP contribution >= 0.6 is 0 Å². The Morgan fingerprint density at radius 1 is 0.310 bits per heavy atom. The predicted molar refractivity (Wildman–Crippen MR) is 182 cm³/mol. The Morgan fingerprint density at radius 3 is 1.07 bits per heavy atom. The molecule has 0 aliphatic heterocycles. The summed E-state index contributed by atoms with van der Waals surface area (Å²) < 4.78 is 0. The van der Waals surface area contributed by atoms with E-state index in [1.165, 1.54) is 0 Å². The summed E-state index contributed by atoms with van der Waals surface area (Å²) in [6.07, 6.45) is 0. The second kappa shape index (κ2) is 9.35. The van der Waals surface area contributed by atoms with E-state index in [9.17, 15) is 0 Å². The maximum atomic E-state index is 7.04. The maximum absolute atomic E-state index is 7.04. The Morgan fingerprint density at radius 2 is 0.643 bits per heavy atom. The van der Waals surface area contributed by atoms with Crippen LogP contribution in [0, 0.1) is 0 Å². The van der Waals surface area contributed by atoms with Gasteiger partial charge in [0.15, 0.2) is 0 Å². The Labute approximate surface area is 243 Å². The average molecular weight is 547 g/mol. The first-order chi connectivity index (χ1) is 20.4. The largest absolute Gasteiger partial charge is 0.397 e. The van der Waals surface area contributed by atoms with Gasteiger partial charge in [-0.3, -0.25) is 0 Å². The van der Waals surface area contributed by atoms with E-state index in [2.05, 4.69) is 0 Å². The zero-order valence-electron chi connectivity index (χ0n) is 22.9. The van der Waals surface area contributed by atoms with Crippen LogP contribution in [0.4, 0.5) is 34.1 Å². The summed E-state index contributed by atoms with van der Waals surface area (Å²) in [7, 11) is 0. The molecule has 0 atom stereocenters. The first-order valence-corrected chi connectivity index (χ1v) is 13.7. The molecule has 0 fully saturated rings. The molecule has 204 valence electrons. The molecule has 0 radical (unpaired) electrons. The highest BCUT2D eigenvalue weighted by Crippen LogP contribution is 2.54. The monoisotopic (exact) mass is 546 g/mol. The first kappa shape index (κ1) is 25.1. The minimum absolute atomic E-state index is 0.477. The van der Waals surface area contributed by atoms with Crippen LogP contribution in [0.3, 0.4) is 0 Å². The number of fused-ring (bicyclic) bond motifs is 6. The van der Waals surface area contributed by atoms with Crippen LogP contribution in [-0.4, -0.2) is 0 Å². The molecule has 0 saturated carbocycles. The molecule has 7 rings (SSSR count). The fourth-order valence-electron chi connectivity index (χ4n) is 6.28. The zero-order valence-corrected chi connectivity index (χ0v) is 22.9. The van der Waals surface area contributed by atoms with Gasteiger partial charge < -0.3 is 34.4 Å². The minimum Gasteiger partial charge on any atom is -0.397 e.